The molecule has 0 N–H and O–H groups in total. The number of rotatable bonds is 5. The highest BCUT2D eigenvalue weighted by Gasteiger charge is 2.53. The normalized spacial score (nSPS) is 16.5. The van der Waals surface area contributed by atoms with Crippen LogP contribution in [0.5, 0.6) is 23.0 Å². The Morgan fingerprint density at radius 2 is 1.12 bits per heavy atom. The maximum absolute atomic E-state index is 7.24. The molecule has 16 rings (SSSR count). The first kappa shape index (κ1) is 39.5. The van der Waals surface area contributed by atoms with E-state index in [1.54, 1.807) is 0 Å². The van der Waals surface area contributed by atoms with E-state index in [0.717, 1.165) is 72.7 Å². The summed E-state index contributed by atoms with van der Waals surface area (Å²) in [6.07, 6.45) is 9.02. The second kappa shape index (κ2) is 14.8. The molecule has 338 valence electrons. The Kier molecular flexibility index (Phi) is 8.15. The Morgan fingerprint density at radius 3 is 1.99 bits per heavy atom. The van der Waals surface area contributed by atoms with Crippen LogP contribution < -0.4 is 19.3 Å². The van der Waals surface area contributed by atoms with Crippen LogP contribution in [0.15, 0.2) is 247 Å². The minimum atomic E-state index is -0.491. The highest BCUT2D eigenvalue weighted by molar-refractivity contribution is 6.06. The van der Waals surface area contributed by atoms with Gasteiger partial charge in [0, 0.05) is 56.6 Å². The molecule has 1 spiro atoms. The molecular formula is C67H42N2O3. The molecule has 2 unspecified atom stereocenters. The van der Waals surface area contributed by atoms with E-state index in [4.69, 9.17) is 13.9 Å². The molecule has 0 fully saturated rings. The average Bonchev–Trinajstić information content (AvgIpc) is 4.17. The first-order valence-corrected chi connectivity index (χ1v) is 24.8. The van der Waals surface area contributed by atoms with Gasteiger partial charge in [0.05, 0.1) is 17.1 Å². The summed E-state index contributed by atoms with van der Waals surface area (Å²) in [5, 5.41) is 2.19. The lowest BCUT2D eigenvalue weighted by molar-refractivity contribution is 0.360. The lowest BCUT2D eigenvalue weighted by Crippen LogP contribution is -2.28. The SMILES string of the molecule is C1=CC2c3ccccc3N(c3cccc(N(c4ccc5c(c4)oc4ccccc45)c4ccccc4-c4ccc5c(c4)Oc4c(ccc6c4-c4ccccc4C64c6ccccc6-c6ccccc64)O5)c3)C2C=C1. The molecule has 3 heterocycles. The van der Waals surface area contributed by atoms with Crippen LogP contribution in [0.4, 0.5) is 28.4 Å². The number of para-hydroxylation sites is 3. The Morgan fingerprint density at radius 1 is 0.444 bits per heavy atom. The lowest BCUT2D eigenvalue weighted by atomic mass is 9.70. The second-order valence-electron chi connectivity index (χ2n) is 19.4. The first-order chi connectivity index (χ1) is 35.7. The van der Waals surface area contributed by atoms with Gasteiger partial charge < -0.3 is 23.7 Å². The fraction of sp³-hybridized carbons (Fsp3) is 0.0448. The third-order valence-corrected chi connectivity index (χ3v) is 15.9. The van der Waals surface area contributed by atoms with E-state index >= 15 is 0 Å². The van der Waals surface area contributed by atoms with Gasteiger partial charge >= 0.3 is 0 Å². The maximum atomic E-state index is 7.24. The molecule has 5 aliphatic rings. The lowest BCUT2D eigenvalue weighted by Gasteiger charge is -2.32. The summed E-state index contributed by atoms with van der Waals surface area (Å²) in [4.78, 5) is 4.87. The van der Waals surface area contributed by atoms with Gasteiger partial charge in [-0.15, -0.1) is 0 Å². The molecule has 1 aromatic heterocycles. The van der Waals surface area contributed by atoms with Gasteiger partial charge in [-0.2, -0.15) is 0 Å². The Bertz CT molecular complexity index is 4130. The predicted molar refractivity (Wildman–Crippen MR) is 290 cm³/mol. The summed E-state index contributed by atoms with van der Waals surface area (Å²) in [7, 11) is 0. The van der Waals surface area contributed by atoms with Crippen LogP contribution in [-0.2, 0) is 5.41 Å². The van der Waals surface area contributed by atoms with Crippen molar-refractivity contribution in [3.63, 3.8) is 0 Å². The number of benzene rings is 10. The summed E-state index contributed by atoms with van der Waals surface area (Å²) in [6.45, 7) is 0. The van der Waals surface area contributed by atoms with Gasteiger partial charge in [-0.1, -0.05) is 170 Å². The number of fused-ring (bicyclic) bond motifs is 19. The van der Waals surface area contributed by atoms with Gasteiger partial charge in [0.25, 0.3) is 0 Å². The molecule has 11 aromatic rings. The monoisotopic (exact) mass is 922 g/mol. The second-order valence-corrected chi connectivity index (χ2v) is 19.4. The smallest absolute Gasteiger partial charge is 0.178 e. The molecule has 0 saturated carbocycles. The first-order valence-electron chi connectivity index (χ1n) is 24.8. The van der Waals surface area contributed by atoms with Crippen molar-refractivity contribution in [2.75, 3.05) is 9.80 Å². The van der Waals surface area contributed by atoms with Gasteiger partial charge in [0.2, 0.25) is 0 Å². The van der Waals surface area contributed by atoms with E-state index in [1.165, 1.54) is 44.6 Å². The minimum Gasteiger partial charge on any atom is -0.456 e. The Hall–Kier alpha value is -9.32. The standard InChI is InChI=1S/C67H42N2O3/c1-8-25-53-46(19-1)47-20-2-9-26-54(47)67(53)55-27-10-3-24-52(55)65-56(67)35-37-62-66(65)72-64-38-41(32-36-61(64)71-62)45-18-4-11-28-57(45)68(44-33-34-51-50-23-7-14-31-60(50)70-63(51)40-44)42-16-15-17-43(39-42)69-58-29-12-5-21-48(58)49-22-6-13-30-59(49)69/h1-40,48,58H. The quantitative estimate of drug-likeness (QED) is 0.172. The van der Waals surface area contributed by atoms with Crippen molar-refractivity contribution in [2.45, 2.75) is 17.4 Å². The fourth-order valence-corrected chi connectivity index (χ4v) is 12.9. The van der Waals surface area contributed by atoms with Crippen molar-refractivity contribution < 1.29 is 13.9 Å². The minimum absolute atomic E-state index is 0.170. The fourth-order valence-electron chi connectivity index (χ4n) is 12.9. The van der Waals surface area contributed by atoms with Crippen molar-refractivity contribution in [3.05, 3.63) is 271 Å². The molecule has 72 heavy (non-hydrogen) atoms. The van der Waals surface area contributed by atoms with Gasteiger partial charge in [-0.3, -0.25) is 0 Å². The van der Waals surface area contributed by atoms with Crippen LogP contribution in [0, 0.1) is 0 Å². The van der Waals surface area contributed by atoms with Gasteiger partial charge in [-0.05, 0) is 117 Å². The van der Waals surface area contributed by atoms with Crippen LogP contribution in [-0.4, -0.2) is 6.04 Å². The van der Waals surface area contributed by atoms with Crippen molar-refractivity contribution >= 4 is 50.4 Å². The van der Waals surface area contributed by atoms with Crippen molar-refractivity contribution in [1.29, 1.82) is 0 Å². The molecule has 3 aliphatic carbocycles. The number of nitrogens with zero attached hydrogens (tertiary/aromatic N) is 2. The van der Waals surface area contributed by atoms with Gasteiger partial charge in [0.1, 0.15) is 11.2 Å². The van der Waals surface area contributed by atoms with Crippen LogP contribution in [0.2, 0.25) is 0 Å². The third kappa shape index (κ3) is 5.37. The number of anilines is 5. The molecular weight excluding hydrogens is 881 g/mol. The summed E-state index contributed by atoms with van der Waals surface area (Å²) in [5.74, 6) is 3.07. The Balaban J connectivity index is 0.844. The van der Waals surface area contributed by atoms with Gasteiger partial charge in [0.15, 0.2) is 23.0 Å². The van der Waals surface area contributed by atoms with Gasteiger partial charge in [-0.25, -0.2) is 0 Å². The molecule has 5 nitrogen and oxygen atoms in total. The number of allylic oxidation sites excluding steroid dienone is 2. The number of hydrogen-bond acceptors (Lipinski definition) is 5. The molecule has 0 amide bonds. The zero-order valence-corrected chi connectivity index (χ0v) is 38.9. The third-order valence-electron chi connectivity index (χ3n) is 15.9. The van der Waals surface area contributed by atoms with E-state index < -0.39 is 5.41 Å². The molecule has 2 atom stereocenters. The summed E-state index contributed by atoms with van der Waals surface area (Å²) >= 11 is 0. The number of furan rings is 1. The maximum Gasteiger partial charge on any atom is 0.178 e. The molecule has 0 saturated heterocycles. The van der Waals surface area contributed by atoms with E-state index in [-0.39, 0.29) is 12.0 Å². The van der Waals surface area contributed by atoms with Crippen LogP contribution in [0.3, 0.4) is 0 Å². The zero-order valence-electron chi connectivity index (χ0n) is 38.9. The van der Waals surface area contributed by atoms with Crippen molar-refractivity contribution in [1.82, 2.24) is 0 Å². The van der Waals surface area contributed by atoms with E-state index in [1.807, 2.05) is 12.1 Å². The van der Waals surface area contributed by atoms with Crippen molar-refractivity contribution in [3.8, 4) is 56.4 Å². The topological polar surface area (TPSA) is 38.1 Å². The average molecular weight is 923 g/mol. The molecule has 5 heteroatoms. The summed E-state index contributed by atoms with van der Waals surface area (Å²) < 4.78 is 20.7. The van der Waals surface area contributed by atoms with E-state index in [0.29, 0.717) is 17.2 Å². The molecule has 0 bridgehead atoms. The van der Waals surface area contributed by atoms with E-state index in [2.05, 4.69) is 240 Å². The number of ether oxygens (including phenoxy) is 2. The predicted octanol–water partition coefficient (Wildman–Crippen LogP) is 17.7. The van der Waals surface area contributed by atoms with Crippen molar-refractivity contribution in [2.24, 2.45) is 0 Å². The van der Waals surface area contributed by atoms with Crippen LogP contribution in [0.1, 0.15) is 33.7 Å². The Labute approximate surface area is 416 Å². The van der Waals surface area contributed by atoms with Crippen LogP contribution >= 0.6 is 0 Å². The molecule has 0 radical (unpaired) electrons. The zero-order chi connectivity index (χ0) is 47.1. The number of hydrogen-bond donors (Lipinski definition) is 0. The largest absolute Gasteiger partial charge is 0.456 e. The summed E-state index contributed by atoms with van der Waals surface area (Å²) in [6, 6.07) is 78.8. The molecule has 10 aromatic carbocycles. The van der Waals surface area contributed by atoms with Crippen LogP contribution in [0.25, 0.3) is 55.3 Å². The summed E-state index contributed by atoms with van der Waals surface area (Å²) in [5.41, 5.74) is 19.8. The highest BCUT2D eigenvalue weighted by atomic mass is 16.6. The van der Waals surface area contributed by atoms with E-state index in [9.17, 15) is 0 Å². The molecule has 2 aliphatic heterocycles. The highest BCUT2D eigenvalue weighted by Crippen LogP contribution is 2.66.